The molecule has 0 aromatic carbocycles. The molecule has 0 bridgehead atoms. The fourth-order valence-electron chi connectivity index (χ4n) is 1.36. The number of carbonyl (C=O) groups is 1. The second-order valence-corrected chi connectivity index (χ2v) is 5.06. The van der Waals surface area contributed by atoms with Gasteiger partial charge in [-0.05, 0) is 0 Å². The molecule has 0 saturated carbocycles. The summed E-state index contributed by atoms with van der Waals surface area (Å²) >= 11 is 0. The molecule has 1 aliphatic rings. The molecule has 106 valence electrons. The monoisotopic (exact) mass is 298 g/mol. The van der Waals surface area contributed by atoms with E-state index in [-0.39, 0.29) is 0 Å². The van der Waals surface area contributed by atoms with E-state index >= 15 is 0 Å². The standard InChI is InChI=1S/C7H7F5O5S/c1-5(4(9)13)16-6(10,2-8)7(11,17-5)3-18(12,14)15/h2-3H2,1H3. The van der Waals surface area contributed by atoms with Gasteiger partial charge in [-0.25, -0.2) is 13.2 Å². The van der Waals surface area contributed by atoms with Gasteiger partial charge in [0.2, 0.25) is 0 Å². The zero-order valence-corrected chi connectivity index (χ0v) is 9.57. The van der Waals surface area contributed by atoms with Crippen LogP contribution in [0.1, 0.15) is 6.92 Å². The highest BCUT2D eigenvalue weighted by Crippen LogP contribution is 2.48. The Hall–Kier alpha value is -0.810. The highest BCUT2D eigenvalue weighted by Gasteiger charge is 2.72. The third-order valence-electron chi connectivity index (χ3n) is 2.16. The predicted molar refractivity (Wildman–Crippen MR) is 45.2 cm³/mol. The van der Waals surface area contributed by atoms with Crippen LogP contribution in [0.4, 0.5) is 21.4 Å². The van der Waals surface area contributed by atoms with Crippen molar-refractivity contribution in [3.63, 3.8) is 0 Å². The Morgan fingerprint density at radius 3 is 2.00 bits per heavy atom. The van der Waals surface area contributed by atoms with Crippen LogP contribution in [-0.4, -0.2) is 44.4 Å². The number of hydrogen-bond acceptors (Lipinski definition) is 5. The predicted octanol–water partition coefficient (Wildman–Crippen LogP) is 0.846. The first kappa shape index (κ1) is 15.2. The molecule has 3 unspecified atom stereocenters. The van der Waals surface area contributed by atoms with Crippen LogP contribution in [0, 0.1) is 0 Å². The summed E-state index contributed by atoms with van der Waals surface area (Å²) in [6.07, 6.45) is 0. The molecule has 11 heteroatoms. The zero-order valence-electron chi connectivity index (χ0n) is 8.75. The van der Waals surface area contributed by atoms with Gasteiger partial charge in [-0.15, -0.1) is 3.89 Å². The van der Waals surface area contributed by atoms with Gasteiger partial charge in [0.05, 0.1) is 0 Å². The Kier molecular flexibility index (Phi) is 3.47. The van der Waals surface area contributed by atoms with Crippen molar-refractivity contribution in [2.45, 2.75) is 24.4 Å². The van der Waals surface area contributed by atoms with Gasteiger partial charge in [-0.2, -0.15) is 12.8 Å². The molecule has 1 heterocycles. The van der Waals surface area contributed by atoms with Gasteiger partial charge in [-0.3, -0.25) is 14.3 Å². The Balaban J connectivity index is 3.22. The summed E-state index contributed by atoms with van der Waals surface area (Å²) in [6, 6.07) is -2.53. The van der Waals surface area contributed by atoms with Crippen LogP contribution in [-0.2, 0) is 24.5 Å². The van der Waals surface area contributed by atoms with E-state index in [9.17, 15) is 34.7 Å². The summed E-state index contributed by atoms with van der Waals surface area (Å²) in [6.45, 7) is -1.92. The van der Waals surface area contributed by atoms with Crippen LogP contribution in [0.3, 0.4) is 0 Å². The molecule has 0 aromatic heterocycles. The van der Waals surface area contributed by atoms with Crippen molar-refractivity contribution in [3.05, 3.63) is 0 Å². The molecule has 1 aliphatic heterocycles. The highest BCUT2D eigenvalue weighted by atomic mass is 32.3. The summed E-state index contributed by atoms with van der Waals surface area (Å²) in [5.74, 6) is -13.8. The summed E-state index contributed by atoms with van der Waals surface area (Å²) in [5.41, 5.74) is 0. The van der Waals surface area contributed by atoms with Crippen molar-refractivity contribution in [3.8, 4) is 0 Å². The van der Waals surface area contributed by atoms with Gasteiger partial charge < -0.3 is 0 Å². The van der Waals surface area contributed by atoms with Crippen molar-refractivity contribution in [1.29, 1.82) is 0 Å². The van der Waals surface area contributed by atoms with Crippen LogP contribution in [0.25, 0.3) is 0 Å². The molecule has 3 atom stereocenters. The second kappa shape index (κ2) is 4.10. The van der Waals surface area contributed by atoms with Crippen molar-refractivity contribution >= 4 is 16.3 Å². The Labute approximate surface area is 98.1 Å². The topological polar surface area (TPSA) is 69.7 Å². The van der Waals surface area contributed by atoms with E-state index in [0.29, 0.717) is 6.92 Å². The van der Waals surface area contributed by atoms with E-state index in [0.717, 1.165) is 0 Å². The lowest BCUT2D eigenvalue weighted by molar-refractivity contribution is -0.220. The van der Waals surface area contributed by atoms with Gasteiger partial charge >= 0.3 is 22.1 Å². The number of ether oxygens (including phenoxy) is 2. The van der Waals surface area contributed by atoms with Crippen molar-refractivity contribution < 1.29 is 44.1 Å². The molecule has 1 fully saturated rings. The average molecular weight is 298 g/mol. The summed E-state index contributed by atoms with van der Waals surface area (Å²) < 4.78 is 92.8. The average Bonchev–Trinajstić information content (AvgIpc) is 2.32. The van der Waals surface area contributed by atoms with E-state index in [1.54, 1.807) is 0 Å². The first-order valence-electron chi connectivity index (χ1n) is 4.34. The maximum absolute atomic E-state index is 13.8. The lowest BCUT2D eigenvalue weighted by Crippen LogP contribution is -2.50. The molecule has 18 heavy (non-hydrogen) atoms. The van der Waals surface area contributed by atoms with E-state index in [4.69, 9.17) is 0 Å². The molecule has 0 N–H and O–H groups in total. The van der Waals surface area contributed by atoms with Gasteiger partial charge in [0.25, 0.3) is 11.6 Å². The van der Waals surface area contributed by atoms with E-state index < -0.39 is 46.2 Å². The fraction of sp³-hybridized carbons (Fsp3) is 0.857. The van der Waals surface area contributed by atoms with E-state index in [1.807, 2.05) is 0 Å². The lowest BCUT2D eigenvalue weighted by atomic mass is 10.2. The molecule has 5 nitrogen and oxygen atoms in total. The van der Waals surface area contributed by atoms with Crippen molar-refractivity contribution in [2.75, 3.05) is 12.4 Å². The molecule has 0 amide bonds. The molecule has 1 saturated heterocycles. The first-order chi connectivity index (χ1) is 7.88. The quantitative estimate of drug-likeness (QED) is 0.568. The minimum Gasteiger partial charge on any atom is -0.298 e. The summed E-state index contributed by atoms with van der Waals surface area (Å²) in [4.78, 5) is 10.4. The summed E-state index contributed by atoms with van der Waals surface area (Å²) in [5, 5.41) is 0. The van der Waals surface area contributed by atoms with Crippen LogP contribution < -0.4 is 0 Å². The maximum atomic E-state index is 13.8. The first-order valence-corrected chi connectivity index (χ1v) is 5.89. The summed E-state index contributed by atoms with van der Waals surface area (Å²) in [7, 11) is -5.64. The van der Waals surface area contributed by atoms with Crippen molar-refractivity contribution in [2.24, 2.45) is 0 Å². The third kappa shape index (κ3) is 2.47. The number of carbonyl (C=O) groups excluding carboxylic acids is 1. The Morgan fingerprint density at radius 1 is 1.22 bits per heavy atom. The minimum absolute atomic E-state index is 0.394. The molecule has 0 radical (unpaired) electrons. The minimum atomic E-state index is -5.64. The molecular formula is C7H7F5O5S. The largest absolute Gasteiger partial charge is 0.360 e. The molecule has 0 aliphatic carbocycles. The van der Waals surface area contributed by atoms with E-state index in [1.165, 1.54) is 0 Å². The Bertz CT molecular complexity index is 469. The van der Waals surface area contributed by atoms with Crippen molar-refractivity contribution in [1.82, 2.24) is 0 Å². The van der Waals surface area contributed by atoms with Gasteiger partial charge in [-0.1, -0.05) is 0 Å². The molecule has 0 aromatic rings. The molecule has 1 rings (SSSR count). The molecule has 0 spiro atoms. The van der Waals surface area contributed by atoms with Crippen LogP contribution in [0.2, 0.25) is 0 Å². The number of rotatable bonds is 4. The van der Waals surface area contributed by atoms with E-state index in [2.05, 4.69) is 9.47 Å². The second-order valence-electron chi connectivity index (χ2n) is 3.70. The number of halogens is 5. The van der Waals surface area contributed by atoms with Gasteiger partial charge in [0, 0.05) is 6.92 Å². The lowest BCUT2D eigenvalue weighted by Gasteiger charge is -2.25. The third-order valence-corrected chi connectivity index (χ3v) is 2.87. The SMILES string of the molecule is CC1(C(=O)F)OC(F)(CF)C(F)(CS(=O)(=O)F)O1. The maximum Gasteiger partial charge on any atom is 0.360 e. The molecular weight excluding hydrogens is 291 g/mol. The Morgan fingerprint density at radius 2 is 1.67 bits per heavy atom. The van der Waals surface area contributed by atoms with Crippen LogP contribution >= 0.6 is 0 Å². The zero-order chi connectivity index (χ0) is 14.4. The van der Waals surface area contributed by atoms with Crippen LogP contribution in [0.15, 0.2) is 0 Å². The normalized spacial score (nSPS) is 41.0. The number of alkyl halides is 3. The highest BCUT2D eigenvalue weighted by molar-refractivity contribution is 7.86. The fourth-order valence-corrected chi connectivity index (χ4v) is 2.07. The van der Waals surface area contributed by atoms with Crippen LogP contribution in [0.5, 0.6) is 0 Å². The smallest absolute Gasteiger partial charge is 0.298 e. The number of hydrogen-bond donors (Lipinski definition) is 0. The van der Waals surface area contributed by atoms with Gasteiger partial charge in [0.1, 0.15) is 5.75 Å². The van der Waals surface area contributed by atoms with Gasteiger partial charge in [0.15, 0.2) is 6.67 Å².